The van der Waals surface area contributed by atoms with Gasteiger partial charge in [0.2, 0.25) is 5.91 Å². The van der Waals surface area contributed by atoms with E-state index in [4.69, 9.17) is 48.4 Å². The normalized spacial score (nSPS) is 11.8. The highest BCUT2D eigenvalue weighted by molar-refractivity contribution is 5.82. The fourth-order valence-corrected chi connectivity index (χ4v) is 4.00. The van der Waals surface area contributed by atoms with Gasteiger partial charge in [0, 0.05) is 44.7 Å². The lowest BCUT2D eigenvalue weighted by molar-refractivity contribution is -0.144. The number of nitrogens with one attached hydrogen (secondary N) is 2. The first-order valence-electron chi connectivity index (χ1n) is 20.3. The van der Waals surface area contributed by atoms with Gasteiger partial charge in [-0.25, -0.2) is 9.59 Å². The topological polar surface area (TPSA) is 188 Å². The molecule has 0 aromatic rings. The van der Waals surface area contributed by atoms with E-state index >= 15 is 0 Å². The van der Waals surface area contributed by atoms with Crippen LogP contribution in [-0.4, -0.2) is 158 Å². The maximum atomic E-state index is 13.6. The number of hydrogen-bond acceptors (Lipinski definition) is 13. The Morgan fingerprint density at radius 3 is 1.14 bits per heavy atom. The van der Waals surface area contributed by atoms with Gasteiger partial charge in [0.1, 0.15) is 11.2 Å². The Morgan fingerprint density at radius 2 is 0.821 bits per heavy atom. The molecule has 0 aliphatic rings. The van der Waals surface area contributed by atoms with Gasteiger partial charge >= 0.3 is 12.2 Å². The lowest BCUT2D eigenvalue weighted by Crippen LogP contribution is -2.45. The summed E-state index contributed by atoms with van der Waals surface area (Å²) in [6.45, 7) is 33.2. The lowest BCUT2D eigenvalue weighted by atomic mass is 9.87. The molecule has 0 radical (unpaired) electrons. The van der Waals surface area contributed by atoms with Gasteiger partial charge in [0.05, 0.1) is 84.9 Å². The Morgan fingerprint density at radius 1 is 0.500 bits per heavy atom. The molecule has 4 N–H and O–H groups in total. The average Bonchev–Trinajstić information content (AvgIpc) is 3.11. The molecule has 0 unspecified atom stereocenters. The first-order chi connectivity index (χ1) is 26.3. The Kier molecular flexibility index (Phi) is 36.0. The van der Waals surface area contributed by atoms with Crippen molar-refractivity contribution in [1.29, 1.82) is 0 Å². The molecule has 16 heteroatoms. The van der Waals surface area contributed by atoms with Gasteiger partial charge < -0.3 is 63.9 Å². The maximum Gasteiger partial charge on any atom is 0.407 e. The van der Waals surface area contributed by atoms with Gasteiger partial charge in [0.25, 0.3) is 0 Å². The highest BCUT2D eigenvalue weighted by Gasteiger charge is 2.32. The van der Waals surface area contributed by atoms with Gasteiger partial charge in [0.15, 0.2) is 0 Å². The molecule has 0 fully saturated rings. The highest BCUT2D eigenvalue weighted by atomic mass is 16.6. The summed E-state index contributed by atoms with van der Waals surface area (Å²) >= 11 is 0. The van der Waals surface area contributed by atoms with Crippen LogP contribution in [0.4, 0.5) is 9.59 Å². The van der Waals surface area contributed by atoms with Crippen molar-refractivity contribution in [2.75, 3.05) is 119 Å². The minimum atomic E-state index is -0.665. The van der Waals surface area contributed by atoms with E-state index in [1.165, 1.54) is 0 Å². The number of hydrogen-bond donors (Lipinski definition) is 3. The number of alkyl carbamates (subject to hydrolysis) is 2. The fourth-order valence-electron chi connectivity index (χ4n) is 4.00. The number of nitrogens with zero attached hydrogens (tertiary/aromatic N) is 1. The van der Waals surface area contributed by atoms with Crippen molar-refractivity contribution in [2.45, 2.75) is 120 Å². The summed E-state index contributed by atoms with van der Waals surface area (Å²) in [5, 5.41) is 5.27. The van der Waals surface area contributed by atoms with E-state index in [9.17, 15) is 14.4 Å². The quantitative estimate of drug-likeness (QED) is 0.0806. The number of ether oxygens (including phenoxy) is 9. The molecular formula is C40H84N4O12. The average molecular weight is 813 g/mol. The largest absolute Gasteiger partial charge is 0.444 e. The van der Waals surface area contributed by atoms with Crippen LogP contribution in [0.3, 0.4) is 0 Å². The molecule has 3 amide bonds. The lowest BCUT2D eigenvalue weighted by Gasteiger charge is -2.33. The van der Waals surface area contributed by atoms with E-state index in [0.717, 1.165) is 0 Å². The Balaban J connectivity index is -0.00000678. The van der Waals surface area contributed by atoms with E-state index in [-0.39, 0.29) is 5.91 Å². The molecule has 0 saturated carbocycles. The van der Waals surface area contributed by atoms with E-state index in [1.807, 2.05) is 55.4 Å². The molecule has 0 aromatic heterocycles. The van der Waals surface area contributed by atoms with Gasteiger partial charge in [-0.2, -0.15) is 0 Å². The maximum absolute atomic E-state index is 13.6. The molecule has 0 bridgehead atoms. The summed E-state index contributed by atoms with van der Waals surface area (Å²) < 4.78 is 49.8. The minimum Gasteiger partial charge on any atom is -0.444 e. The van der Waals surface area contributed by atoms with Crippen LogP contribution in [0.25, 0.3) is 0 Å². The standard InChI is InChI=1S/C36H72N4O12.2C2H6/c1-33(2,3)51-31(42)38-12-17-44-21-25-48-27-23-46-19-14-40(30(41)35(7,8)11-16-50-36(9,10)29-37)15-20-47-24-28-49-26-22-45-18-13-39-32(43)52-34(4,5)6;2*1-2/h11-29,37H2,1-10H3,(H,38,42)(H,39,43);2*1-2H3. The molecule has 0 aliphatic heterocycles. The summed E-state index contributed by atoms with van der Waals surface area (Å²) in [5.74, 6) is -0.0158. The third-order valence-corrected chi connectivity index (χ3v) is 6.91. The fraction of sp³-hybridized carbons (Fsp3) is 0.925. The monoisotopic (exact) mass is 813 g/mol. The van der Waals surface area contributed by atoms with Gasteiger partial charge in [-0.1, -0.05) is 41.5 Å². The molecule has 0 spiro atoms. The van der Waals surface area contributed by atoms with Crippen LogP contribution in [-0.2, 0) is 47.4 Å². The van der Waals surface area contributed by atoms with Crippen LogP contribution in [0.1, 0.15) is 103 Å². The third-order valence-electron chi connectivity index (χ3n) is 6.91. The minimum absolute atomic E-state index is 0.0158. The van der Waals surface area contributed by atoms with Gasteiger partial charge in [-0.3, -0.25) is 4.79 Å². The van der Waals surface area contributed by atoms with Crippen LogP contribution in [0, 0.1) is 5.41 Å². The summed E-state index contributed by atoms with van der Waals surface area (Å²) in [4.78, 5) is 38.6. The second-order valence-corrected chi connectivity index (χ2v) is 15.3. The summed E-state index contributed by atoms with van der Waals surface area (Å²) in [6, 6.07) is 0. The highest BCUT2D eigenvalue weighted by Crippen LogP contribution is 2.25. The molecule has 0 atom stereocenters. The third kappa shape index (κ3) is 38.6. The smallest absolute Gasteiger partial charge is 0.407 e. The molecule has 0 saturated heterocycles. The molecule has 16 nitrogen and oxygen atoms in total. The molecule has 56 heavy (non-hydrogen) atoms. The molecule has 0 aliphatic carbocycles. The van der Waals surface area contributed by atoms with Gasteiger partial charge in [-0.05, 0) is 61.8 Å². The number of amides is 3. The molecule has 0 heterocycles. The summed E-state index contributed by atoms with van der Waals surface area (Å²) in [7, 11) is 0. The Bertz CT molecular complexity index is 905. The van der Waals surface area contributed by atoms with Crippen molar-refractivity contribution in [3.8, 4) is 0 Å². The Hall–Kier alpha value is -2.31. The van der Waals surface area contributed by atoms with Crippen molar-refractivity contribution in [1.82, 2.24) is 15.5 Å². The number of nitrogens with two attached hydrogens (primary N) is 1. The number of carbonyl (C=O) groups is 3. The van der Waals surface area contributed by atoms with Crippen LogP contribution in [0.5, 0.6) is 0 Å². The summed E-state index contributed by atoms with van der Waals surface area (Å²) in [6.07, 6.45) is -0.420. The molecule has 0 aromatic carbocycles. The summed E-state index contributed by atoms with van der Waals surface area (Å²) in [5.41, 5.74) is 3.57. The van der Waals surface area contributed by atoms with Crippen molar-refractivity contribution >= 4 is 18.1 Å². The van der Waals surface area contributed by atoms with Crippen molar-refractivity contribution in [3.05, 3.63) is 0 Å². The van der Waals surface area contributed by atoms with Crippen molar-refractivity contribution in [3.63, 3.8) is 0 Å². The molecular weight excluding hydrogens is 728 g/mol. The number of carbonyl (C=O) groups excluding carboxylic acids is 3. The van der Waals surface area contributed by atoms with Crippen LogP contribution in [0.2, 0.25) is 0 Å². The van der Waals surface area contributed by atoms with Gasteiger partial charge in [-0.15, -0.1) is 0 Å². The zero-order valence-electron chi connectivity index (χ0n) is 37.9. The van der Waals surface area contributed by atoms with Crippen molar-refractivity contribution < 1.29 is 57.0 Å². The number of rotatable bonds is 30. The van der Waals surface area contributed by atoms with Crippen LogP contribution < -0.4 is 16.4 Å². The Labute approximate surface area is 340 Å². The predicted molar refractivity (Wildman–Crippen MR) is 220 cm³/mol. The SMILES string of the molecule is CC.CC.CC(C)(C)OC(=O)NCCOCCOCCOCCN(CCOCCOCCOCCNC(=O)OC(C)(C)C)C(=O)C(C)(C)CCOC(C)(C)CN. The first-order valence-corrected chi connectivity index (χ1v) is 20.3. The predicted octanol–water partition coefficient (Wildman–Crippen LogP) is 5.19. The van der Waals surface area contributed by atoms with E-state index < -0.39 is 34.4 Å². The first kappa shape index (κ1) is 58.0. The molecule has 0 rings (SSSR count). The van der Waals surface area contributed by atoms with E-state index in [1.54, 1.807) is 46.4 Å². The van der Waals surface area contributed by atoms with E-state index in [0.29, 0.717) is 125 Å². The van der Waals surface area contributed by atoms with Crippen LogP contribution in [0.15, 0.2) is 0 Å². The molecule has 336 valence electrons. The van der Waals surface area contributed by atoms with Crippen molar-refractivity contribution in [2.24, 2.45) is 11.1 Å². The second kappa shape index (κ2) is 34.7. The van der Waals surface area contributed by atoms with Crippen LogP contribution >= 0.6 is 0 Å². The van der Waals surface area contributed by atoms with E-state index in [2.05, 4.69) is 10.6 Å². The zero-order chi connectivity index (χ0) is 43.5. The zero-order valence-corrected chi connectivity index (χ0v) is 37.9. The second-order valence-electron chi connectivity index (χ2n) is 15.3.